The third-order valence-electron chi connectivity index (χ3n) is 21.9. The molecule has 2 unspecified atom stereocenters. The molecule has 36 nitrogen and oxygen atoms in total. The van der Waals surface area contributed by atoms with Crippen LogP contribution in [0.25, 0.3) is 6.08 Å². The van der Waals surface area contributed by atoms with E-state index in [1.165, 1.54) is 17.8 Å². The summed E-state index contributed by atoms with van der Waals surface area (Å²) < 4.78 is 33.8. The third-order valence-corrected chi connectivity index (χ3v) is 24.6. The number of nitrogens with two attached hydrogens (primary N) is 1. The number of nitrogens with zero attached hydrogens (tertiary/aromatic N) is 2. The maximum atomic E-state index is 14.6. The number of para-hydroxylation sites is 1. The van der Waals surface area contributed by atoms with Gasteiger partial charge in [-0.2, -0.15) is 0 Å². The number of Topliss-reactive ketones (excluding diaryl/α,β-unsaturated/α-hetero) is 4. The van der Waals surface area contributed by atoms with Gasteiger partial charge >= 0.3 is 19.6 Å². The number of hydrogen-bond acceptors (Lipinski definition) is 24. The number of pyridine rings is 1. The molecule has 5 atom stereocenters. The van der Waals surface area contributed by atoms with E-state index in [9.17, 15) is 96.5 Å². The van der Waals surface area contributed by atoms with Crippen LogP contribution in [0.3, 0.4) is 0 Å². The molecule has 1 saturated heterocycles. The van der Waals surface area contributed by atoms with Crippen LogP contribution in [0.1, 0.15) is 229 Å². The largest absolute Gasteiger partial charge is 0.481 e. The first-order chi connectivity index (χ1) is 61.2. The number of urea groups is 1. The lowest BCUT2D eigenvalue weighted by Gasteiger charge is -2.36. The van der Waals surface area contributed by atoms with Gasteiger partial charge in [-0.1, -0.05) is 62.1 Å². The molecule has 0 radical (unpaired) electrons. The zero-order valence-electron chi connectivity index (χ0n) is 73.9. The number of aliphatic carboxylic acids is 1. The molecule has 2 aromatic carbocycles. The highest BCUT2D eigenvalue weighted by Crippen LogP contribution is 2.51. The summed E-state index contributed by atoms with van der Waals surface area (Å²) in [6.45, 7) is 5.43. The number of carboxylic acids is 1. The molecule has 2 heterocycles. The Labute approximate surface area is 753 Å². The van der Waals surface area contributed by atoms with Gasteiger partial charge in [0.2, 0.25) is 53.2 Å². The van der Waals surface area contributed by atoms with Gasteiger partial charge in [0, 0.05) is 164 Å². The molecule has 0 spiro atoms. The highest BCUT2D eigenvalue weighted by Gasteiger charge is 2.44. The Morgan fingerprint density at radius 3 is 1.88 bits per heavy atom. The van der Waals surface area contributed by atoms with Gasteiger partial charge in [0.25, 0.3) is 0 Å². The van der Waals surface area contributed by atoms with Crippen molar-refractivity contribution in [2.45, 2.75) is 248 Å². The van der Waals surface area contributed by atoms with Gasteiger partial charge in [0.15, 0.2) is 11.1 Å². The number of thioether (sulfide) groups is 1. The molecular weight excluding hydrogens is 1700 g/mol. The van der Waals surface area contributed by atoms with Crippen LogP contribution in [-0.2, 0) is 97.1 Å². The Hall–Kier alpha value is -9.85. The van der Waals surface area contributed by atoms with E-state index in [-0.39, 0.29) is 248 Å². The van der Waals surface area contributed by atoms with E-state index in [2.05, 4.69) is 47.5 Å². The Kier molecular flexibility index (Phi) is 51.7. The van der Waals surface area contributed by atoms with Crippen LogP contribution >= 0.6 is 19.4 Å². The number of carbonyl (C=O) groups excluding carboxylic acids is 14. The predicted molar refractivity (Wildman–Crippen MR) is 480 cm³/mol. The number of aryl methyl sites for hydroxylation is 1. The van der Waals surface area contributed by atoms with Crippen LogP contribution in [0.5, 0.6) is 0 Å². The number of anilines is 2. The van der Waals surface area contributed by atoms with Crippen molar-refractivity contribution >= 4 is 131 Å². The van der Waals surface area contributed by atoms with Gasteiger partial charge < -0.3 is 92.6 Å². The summed E-state index contributed by atoms with van der Waals surface area (Å²) in [4.78, 5) is 218. The zero-order valence-corrected chi connectivity index (χ0v) is 75.6. The summed E-state index contributed by atoms with van der Waals surface area (Å²) in [6, 6.07) is 15.0. The number of unbranched alkanes of at least 4 members (excludes halogenated alkanes) is 3. The number of benzene rings is 2. The first-order valence-electron chi connectivity index (χ1n) is 44.4. The number of rotatable bonds is 70. The van der Waals surface area contributed by atoms with Crippen molar-refractivity contribution in [1.29, 1.82) is 5.41 Å². The van der Waals surface area contributed by atoms with Crippen molar-refractivity contribution in [1.82, 2.24) is 41.8 Å². The van der Waals surface area contributed by atoms with Crippen molar-refractivity contribution < 1.29 is 115 Å². The Morgan fingerprint density at radius 1 is 0.633 bits per heavy atom. The van der Waals surface area contributed by atoms with Crippen molar-refractivity contribution in [3.63, 3.8) is 0 Å². The standard InChI is InChI=1S/C90H133N12O24PS/c1-64-19-4-5-26-73(64)101-88(118)98-69-33-30-65(31-34-69)59-72(105)60-67(21-7-12-45-94-78(107)37-32-66-20-15-44-93-63-66)85(115)100-74(28-14-29-83(112)113)76(106)62-90(42-9-3-10-43-90)87(117)97-48-53-126-57-55-124-50-16-24-70(103)35-38-79(108)96-47-52-125-56-54-123-51-17-25-71(104)36-39-81(110)99-75(84(92)114)27-8-13-46-95-80(109)40-49-102-82(111)61-77(86(102)116)128-58-18-23-68(91)22-6-11-41-89(2,119)127(120,121)122/h4-5,15,19-20,26,30-34,37,44,63,67,74-75,77,91,119H,3,6-14,16-18,21-25,27-29,35-36,38-43,45-62H2,1-2H3,(H2,92,114)(H,94,107)(H,95,109)(H,96,108)(H,97,117)(H,99,110)(H,100,115)(H,112,113)(H2,98,101,118)(H2,120,121,122)/b37-32+,91-68?/t67-,74+,75+,77?,89?/m1/s1. The second-order valence-corrected chi connectivity index (χ2v) is 35.9. The minimum Gasteiger partial charge on any atom is -0.481 e. The summed E-state index contributed by atoms with van der Waals surface area (Å²) >= 11 is 1.31. The molecule has 2 aliphatic rings. The number of primary amides is 1. The topological polar surface area (TPSA) is 553 Å². The fourth-order valence-corrected chi connectivity index (χ4v) is 15.9. The number of aromatic nitrogens is 1. The number of nitrogens with one attached hydrogen (secondary N) is 9. The number of amides is 11. The monoisotopic (exact) mass is 1830 g/mol. The van der Waals surface area contributed by atoms with Crippen LogP contribution in [0.2, 0.25) is 0 Å². The summed E-state index contributed by atoms with van der Waals surface area (Å²) in [6.07, 6.45) is 13.8. The number of ether oxygens (including phenoxy) is 4. The van der Waals surface area contributed by atoms with E-state index in [4.69, 9.17) is 30.1 Å². The molecule has 15 N–H and O–H groups in total. The fourth-order valence-electron chi connectivity index (χ4n) is 14.3. The smallest absolute Gasteiger partial charge is 0.356 e. The first kappa shape index (κ1) is 109. The van der Waals surface area contributed by atoms with Gasteiger partial charge in [0.05, 0.1) is 56.3 Å². The molecule has 1 aliphatic heterocycles. The van der Waals surface area contributed by atoms with Crippen molar-refractivity contribution in [3.05, 3.63) is 95.8 Å². The van der Waals surface area contributed by atoms with Crippen LogP contribution in [0.4, 0.5) is 16.2 Å². The van der Waals surface area contributed by atoms with Crippen molar-refractivity contribution in [2.75, 3.05) is 102 Å². The lowest BCUT2D eigenvalue weighted by molar-refractivity contribution is -0.140. The molecule has 2 fully saturated rings. The van der Waals surface area contributed by atoms with E-state index in [1.807, 2.05) is 25.1 Å². The molecule has 11 amide bonds. The van der Waals surface area contributed by atoms with E-state index in [1.54, 1.807) is 60.9 Å². The average Bonchev–Trinajstić information content (AvgIpc) is 0.933. The molecule has 1 saturated carbocycles. The number of carboxylic acid groups (broad SMARTS) is 1. The predicted octanol–water partition coefficient (Wildman–Crippen LogP) is 8.11. The highest BCUT2D eigenvalue weighted by molar-refractivity contribution is 8.00. The number of likely N-dealkylation sites (tertiary alicyclic amines) is 1. The molecule has 708 valence electrons. The molecule has 38 heteroatoms. The van der Waals surface area contributed by atoms with E-state index in [0.29, 0.717) is 125 Å². The molecule has 128 heavy (non-hydrogen) atoms. The summed E-state index contributed by atoms with van der Waals surface area (Å²) in [7, 11) is -4.66. The number of aliphatic hydroxyl groups is 1. The van der Waals surface area contributed by atoms with Crippen molar-refractivity contribution in [3.8, 4) is 0 Å². The van der Waals surface area contributed by atoms with Gasteiger partial charge in [-0.25, -0.2) is 4.79 Å². The van der Waals surface area contributed by atoms with E-state index < -0.39 is 77.1 Å². The third kappa shape index (κ3) is 45.4. The number of hydrogen-bond donors (Lipinski definition) is 14. The van der Waals surface area contributed by atoms with Gasteiger partial charge in [-0.3, -0.25) is 81.6 Å². The maximum Gasteiger partial charge on any atom is 0.356 e. The Bertz CT molecular complexity index is 4160. The average molecular weight is 1830 g/mol. The van der Waals surface area contributed by atoms with Gasteiger partial charge in [0.1, 0.15) is 23.4 Å². The lowest BCUT2D eigenvalue weighted by Crippen LogP contribution is -2.49. The maximum absolute atomic E-state index is 14.6. The van der Waals surface area contributed by atoms with Crippen LogP contribution in [0, 0.1) is 23.7 Å². The molecule has 1 aliphatic carbocycles. The number of imide groups is 1. The molecule has 3 aromatic rings. The Balaban J connectivity index is 0.877. The summed E-state index contributed by atoms with van der Waals surface area (Å²) in [5.41, 5.74) is 8.26. The SMILES string of the molecule is Cc1ccccc1NC(=O)Nc1ccc(CC(=O)C[C@@H](CCCCNC(=O)/C=C/c2cccnc2)C(=O)N[C@@H](CCCC(=O)O)C(=O)CC2(C(=O)NCCOCCOCCCC(=O)CCC(=O)NCCOCCOCCCC(=O)CCC(=O)N[C@@H](CCCCNC(=O)CCN3C(=O)CC(SCCCC(=N)CCCCC(C)(O)P(=O)(O)O)C3=O)C(N)=O)CCCCC2)cc1. The normalized spacial score (nSPS) is 14.9. The molecule has 0 bridgehead atoms. The minimum absolute atomic E-state index is 0.00207. The minimum atomic E-state index is -4.66. The quantitative estimate of drug-likeness (QED) is 0.00833. The van der Waals surface area contributed by atoms with E-state index in [0.717, 1.165) is 29.4 Å². The van der Waals surface area contributed by atoms with E-state index >= 15 is 0 Å². The van der Waals surface area contributed by atoms with Gasteiger partial charge in [-0.05, 0) is 176 Å². The molecule has 5 rings (SSSR count). The van der Waals surface area contributed by atoms with Crippen LogP contribution < -0.4 is 48.3 Å². The molecular formula is C90H133N12O24PS. The van der Waals surface area contributed by atoms with Crippen LogP contribution in [-0.4, -0.2) is 238 Å². The van der Waals surface area contributed by atoms with Gasteiger partial charge in [-0.15, -0.1) is 11.8 Å². The summed E-state index contributed by atoms with van der Waals surface area (Å²) in [5, 5.41) is 47.2. The first-order valence-corrected chi connectivity index (χ1v) is 47.1. The number of carbonyl (C=O) groups is 15. The number of ketones is 4. The fraction of sp³-hybridized carbons (Fsp3) is 0.611. The second-order valence-electron chi connectivity index (χ2n) is 32.5. The van der Waals surface area contributed by atoms with Crippen molar-refractivity contribution in [2.24, 2.45) is 17.1 Å². The highest BCUT2D eigenvalue weighted by atomic mass is 32.2. The lowest BCUT2D eigenvalue weighted by atomic mass is 9.69. The van der Waals surface area contributed by atoms with Crippen LogP contribution in [0.15, 0.2) is 79.1 Å². The Morgan fingerprint density at radius 2 is 1.24 bits per heavy atom. The molecule has 1 aromatic heterocycles. The zero-order chi connectivity index (χ0) is 93.5. The summed E-state index contributed by atoms with van der Waals surface area (Å²) in [5.74, 6) is -6.42. The second kappa shape index (κ2) is 60.9.